The van der Waals surface area contributed by atoms with Gasteiger partial charge >= 0.3 is 0 Å². The number of nitrogens with zero attached hydrogens (tertiary/aromatic N) is 2. The number of anilines is 1. The van der Waals surface area contributed by atoms with Crippen LogP contribution in [-0.4, -0.2) is 23.7 Å². The van der Waals surface area contributed by atoms with Gasteiger partial charge in [0.25, 0.3) is 5.69 Å². The van der Waals surface area contributed by atoms with Gasteiger partial charge in [-0.25, -0.2) is 0 Å². The van der Waals surface area contributed by atoms with Crippen LogP contribution in [-0.2, 0) is 9.59 Å². The topological polar surface area (TPSA) is 89.8 Å². The van der Waals surface area contributed by atoms with Gasteiger partial charge in [0.2, 0.25) is 5.91 Å². The maximum atomic E-state index is 13.3. The Kier molecular flexibility index (Phi) is 5.73. The van der Waals surface area contributed by atoms with Crippen LogP contribution in [0.5, 0.6) is 5.75 Å². The number of nitro benzene ring substituents is 1. The fourth-order valence-electron chi connectivity index (χ4n) is 4.25. The van der Waals surface area contributed by atoms with Crippen LogP contribution >= 0.6 is 23.2 Å². The Bertz CT molecular complexity index is 1140. The van der Waals surface area contributed by atoms with E-state index in [0.717, 1.165) is 5.56 Å². The van der Waals surface area contributed by atoms with Gasteiger partial charge in [-0.05, 0) is 42.7 Å². The third-order valence-corrected chi connectivity index (χ3v) is 6.38. The standard InChI is InChI=1S/C22H18Cl2N2O5/c1-31-13-6-8-17(19(10-13)26(29)30)25-18-3-2-4-20(27)22(18)14(11-21(25)28)12-5-7-15(23)16(24)9-12/h5-10,14H,2-4,11H2,1H3. The lowest BCUT2D eigenvalue weighted by atomic mass is 9.77. The van der Waals surface area contributed by atoms with Gasteiger partial charge in [-0.1, -0.05) is 29.3 Å². The minimum absolute atomic E-state index is 0.00822. The molecule has 0 spiro atoms. The second-order valence-electron chi connectivity index (χ2n) is 7.41. The van der Waals surface area contributed by atoms with Crippen LogP contribution in [0.1, 0.15) is 37.2 Å². The number of ether oxygens (including phenoxy) is 1. The Morgan fingerprint density at radius 3 is 2.55 bits per heavy atom. The number of ketones is 1. The minimum atomic E-state index is -0.554. The Labute approximate surface area is 188 Å². The summed E-state index contributed by atoms with van der Waals surface area (Å²) in [4.78, 5) is 38.7. The molecule has 31 heavy (non-hydrogen) atoms. The summed E-state index contributed by atoms with van der Waals surface area (Å²) in [5.41, 5.74) is 1.61. The molecule has 9 heteroatoms. The molecule has 4 rings (SSSR count). The summed E-state index contributed by atoms with van der Waals surface area (Å²) in [6.45, 7) is 0. The Morgan fingerprint density at radius 2 is 1.87 bits per heavy atom. The second-order valence-corrected chi connectivity index (χ2v) is 8.22. The zero-order valence-corrected chi connectivity index (χ0v) is 18.1. The van der Waals surface area contributed by atoms with E-state index in [4.69, 9.17) is 27.9 Å². The van der Waals surface area contributed by atoms with Crippen molar-refractivity contribution in [3.8, 4) is 5.75 Å². The Morgan fingerprint density at radius 1 is 1.10 bits per heavy atom. The molecule has 1 amide bonds. The molecule has 0 bridgehead atoms. The first kappa shape index (κ1) is 21.3. The van der Waals surface area contributed by atoms with Crippen LogP contribution < -0.4 is 9.64 Å². The molecule has 0 radical (unpaired) electrons. The smallest absolute Gasteiger partial charge is 0.297 e. The highest BCUT2D eigenvalue weighted by Crippen LogP contribution is 2.46. The van der Waals surface area contributed by atoms with Crippen LogP contribution in [0.4, 0.5) is 11.4 Å². The molecule has 2 aromatic rings. The molecule has 1 heterocycles. The summed E-state index contributed by atoms with van der Waals surface area (Å²) in [6, 6.07) is 9.38. The molecule has 0 aromatic heterocycles. The Balaban J connectivity index is 1.89. The van der Waals surface area contributed by atoms with Crippen molar-refractivity contribution in [3.05, 3.63) is 73.4 Å². The number of carbonyl (C=O) groups is 2. The van der Waals surface area contributed by atoms with Crippen LogP contribution in [0.25, 0.3) is 0 Å². The number of amides is 1. The van der Waals surface area contributed by atoms with Gasteiger partial charge in [-0.2, -0.15) is 0 Å². The molecule has 0 saturated carbocycles. The summed E-state index contributed by atoms with van der Waals surface area (Å²) < 4.78 is 5.10. The molecule has 1 unspecified atom stereocenters. The predicted octanol–water partition coefficient (Wildman–Crippen LogP) is 5.44. The van der Waals surface area contributed by atoms with E-state index in [1.165, 1.54) is 24.1 Å². The maximum absolute atomic E-state index is 13.3. The summed E-state index contributed by atoms with van der Waals surface area (Å²) in [7, 11) is 1.41. The van der Waals surface area contributed by atoms with Crippen LogP contribution in [0.15, 0.2) is 47.7 Å². The molecule has 1 atom stereocenters. The summed E-state index contributed by atoms with van der Waals surface area (Å²) in [5, 5.41) is 12.4. The number of benzene rings is 2. The van der Waals surface area contributed by atoms with Crippen molar-refractivity contribution in [2.75, 3.05) is 12.0 Å². The van der Waals surface area contributed by atoms with E-state index in [1.54, 1.807) is 24.3 Å². The van der Waals surface area contributed by atoms with Crippen molar-refractivity contribution in [2.24, 2.45) is 0 Å². The first-order valence-corrected chi connectivity index (χ1v) is 10.4. The number of hydrogen-bond acceptors (Lipinski definition) is 5. The van der Waals surface area contributed by atoms with E-state index >= 15 is 0 Å². The van der Waals surface area contributed by atoms with Crippen molar-refractivity contribution < 1.29 is 19.2 Å². The number of rotatable bonds is 4. The lowest BCUT2D eigenvalue weighted by Crippen LogP contribution is -2.40. The van der Waals surface area contributed by atoms with Crippen LogP contribution in [0.2, 0.25) is 10.0 Å². The highest BCUT2D eigenvalue weighted by atomic mass is 35.5. The number of carbonyl (C=O) groups excluding carboxylic acids is 2. The number of halogens is 2. The highest BCUT2D eigenvalue weighted by Gasteiger charge is 2.41. The molecule has 2 aliphatic rings. The van der Waals surface area contributed by atoms with Gasteiger partial charge in [0.1, 0.15) is 11.4 Å². The zero-order chi connectivity index (χ0) is 22.3. The Hall–Kier alpha value is -2.90. The van der Waals surface area contributed by atoms with Gasteiger partial charge in [-0.15, -0.1) is 0 Å². The van der Waals surface area contributed by atoms with Gasteiger partial charge in [-0.3, -0.25) is 24.6 Å². The van der Waals surface area contributed by atoms with Crippen molar-refractivity contribution >= 4 is 46.3 Å². The fourth-order valence-corrected chi connectivity index (χ4v) is 4.56. The maximum Gasteiger partial charge on any atom is 0.297 e. The number of methoxy groups -OCH3 is 1. The molecule has 1 aliphatic carbocycles. The molecule has 7 nitrogen and oxygen atoms in total. The average Bonchev–Trinajstić information content (AvgIpc) is 2.75. The van der Waals surface area contributed by atoms with E-state index in [0.29, 0.717) is 46.3 Å². The normalized spacial score (nSPS) is 18.8. The number of nitro groups is 1. The van der Waals surface area contributed by atoms with E-state index < -0.39 is 10.8 Å². The van der Waals surface area contributed by atoms with Crippen LogP contribution in [0.3, 0.4) is 0 Å². The quantitative estimate of drug-likeness (QED) is 0.447. The first-order valence-electron chi connectivity index (χ1n) is 9.68. The number of hydrogen-bond donors (Lipinski definition) is 0. The molecule has 0 N–H and O–H groups in total. The molecule has 2 aromatic carbocycles. The van der Waals surface area contributed by atoms with Gasteiger partial charge in [0, 0.05) is 30.0 Å². The van der Waals surface area contributed by atoms with Crippen LogP contribution in [0, 0.1) is 10.1 Å². The van der Waals surface area contributed by atoms with Gasteiger partial charge in [0.15, 0.2) is 5.78 Å². The zero-order valence-electron chi connectivity index (χ0n) is 16.6. The minimum Gasteiger partial charge on any atom is -0.496 e. The first-order chi connectivity index (χ1) is 14.8. The average molecular weight is 461 g/mol. The van der Waals surface area contributed by atoms with Crippen molar-refractivity contribution in [1.82, 2.24) is 0 Å². The van der Waals surface area contributed by atoms with E-state index in [1.807, 2.05) is 0 Å². The van der Waals surface area contributed by atoms with Gasteiger partial charge in [0.05, 0.1) is 28.1 Å². The summed E-state index contributed by atoms with van der Waals surface area (Å²) in [5.74, 6) is -0.551. The molecular weight excluding hydrogens is 443 g/mol. The SMILES string of the molecule is COc1ccc(N2C(=O)CC(c3ccc(Cl)c(Cl)c3)C3=C2CCCC3=O)c([N+](=O)[O-])c1. The second kappa shape index (κ2) is 8.32. The van der Waals surface area contributed by atoms with Gasteiger partial charge < -0.3 is 4.74 Å². The predicted molar refractivity (Wildman–Crippen MR) is 117 cm³/mol. The highest BCUT2D eigenvalue weighted by molar-refractivity contribution is 6.42. The summed E-state index contributed by atoms with van der Waals surface area (Å²) >= 11 is 12.2. The van der Waals surface area contributed by atoms with Crippen molar-refractivity contribution in [3.63, 3.8) is 0 Å². The fraction of sp³-hybridized carbons (Fsp3) is 0.273. The molecule has 160 valence electrons. The van der Waals surface area contributed by atoms with E-state index in [9.17, 15) is 19.7 Å². The van der Waals surface area contributed by atoms with Crippen molar-refractivity contribution in [1.29, 1.82) is 0 Å². The van der Waals surface area contributed by atoms with E-state index in [-0.39, 0.29) is 29.5 Å². The lowest BCUT2D eigenvalue weighted by Gasteiger charge is -2.38. The summed E-state index contributed by atoms with van der Waals surface area (Å²) in [6.07, 6.45) is 1.39. The molecular formula is C22H18Cl2N2O5. The lowest BCUT2D eigenvalue weighted by molar-refractivity contribution is -0.384. The monoisotopic (exact) mass is 460 g/mol. The third-order valence-electron chi connectivity index (χ3n) is 5.64. The third kappa shape index (κ3) is 3.79. The largest absolute Gasteiger partial charge is 0.496 e. The molecule has 0 fully saturated rings. The van der Waals surface area contributed by atoms with E-state index in [2.05, 4.69) is 0 Å². The van der Waals surface area contributed by atoms with Crippen molar-refractivity contribution in [2.45, 2.75) is 31.6 Å². The number of allylic oxidation sites excluding steroid dienone is 2. The number of Topliss-reactive ketones (excluding diaryl/α,β-unsaturated/α-hetero) is 1. The molecule has 0 saturated heterocycles. The molecule has 1 aliphatic heterocycles.